The first-order valence-electron chi connectivity index (χ1n) is 11.3. The molecule has 1 saturated heterocycles. The molecule has 0 radical (unpaired) electrons. The van der Waals surface area contributed by atoms with Gasteiger partial charge in [-0.1, -0.05) is 16.8 Å². The van der Waals surface area contributed by atoms with Crippen LogP contribution in [0.4, 0.5) is 22.0 Å². The Kier molecular flexibility index (Phi) is 7.29. The van der Waals surface area contributed by atoms with Gasteiger partial charge in [-0.3, -0.25) is 14.4 Å². The average Bonchev–Trinajstić information content (AvgIpc) is 3.40. The van der Waals surface area contributed by atoms with Crippen LogP contribution in [0, 0.1) is 0 Å². The molecule has 0 bridgehead atoms. The lowest BCUT2D eigenvalue weighted by Crippen LogP contribution is -2.61. The molecule has 1 unspecified atom stereocenters. The van der Waals surface area contributed by atoms with E-state index in [2.05, 4.69) is 15.6 Å². The number of aryl methyl sites for hydroxylation is 1. The maximum absolute atomic E-state index is 14.4. The number of alkyl halides is 5. The summed E-state index contributed by atoms with van der Waals surface area (Å²) in [6.07, 6.45) is -4.30. The molecular formula is C21H24ClF5N6O3S. The Morgan fingerprint density at radius 2 is 1.84 bits per heavy atom. The molecule has 4 rings (SSSR count). The van der Waals surface area contributed by atoms with E-state index in [-0.39, 0.29) is 49.7 Å². The molecule has 1 aliphatic heterocycles. The number of carbonyl (C=O) groups excluding carboxylic acids is 1. The molecule has 16 heteroatoms. The molecule has 0 spiro atoms. The van der Waals surface area contributed by atoms with Crippen LogP contribution < -0.4 is 5.32 Å². The molecule has 1 aromatic heterocycles. The van der Waals surface area contributed by atoms with Gasteiger partial charge in [0.15, 0.2) is 0 Å². The van der Waals surface area contributed by atoms with E-state index in [9.17, 15) is 35.2 Å². The maximum atomic E-state index is 14.4. The van der Waals surface area contributed by atoms with E-state index >= 15 is 0 Å². The zero-order valence-electron chi connectivity index (χ0n) is 19.6. The zero-order valence-corrected chi connectivity index (χ0v) is 21.2. The van der Waals surface area contributed by atoms with Crippen molar-refractivity contribution in [2.75, 3.05) is 32.7 Å². The topological polar surface area (TPSA) is 100 Å². The van der Waals surface area contributed by atoms with Crippen molar-refractivity contribution >= 4 is 27.5 Å². The highest BCUT2D eigenvalue weighted by Crippen LogP contribution is 2.45. The number of benzene rings is 1. The number of hydrogen-bond donors (Lipinski definition) is 1. The molecule has 2 aliphatic rings. The summed E-state index contributed by atoms with van der Waals surface area (Å²) >= 11 is 5.90. The fourth-order valence-corrected chi connectivity index (χ4v) is 6.40. The molecule has 2 heterocycles. The minimum Gasteiger partial charge on any atom is -0.350 e. The first kappa shape index (κ1) is 27.7. The second-order valence-electron chi connectivity index (χ2n) is 9.25. The number of piperazine rings is 1. The molecule has 2 fully saturated rings. The maximum Gasteiger partial charge on any atom is 0.416 e. The van der Waals surface area contributed by atoms with Crippen LogP contribution in [0.25, 0.3) is 0 Å². The molecule has 37 heavy (non-hydrogen) atoms. The van der Waals surface area contributed by atoms with Crippen molar-refractivity contribution in [3.8, 4) is 0 Å². The minimum absolute atomic E-state index is 0.0188. The van der Waals surface area contributed by atoms with Gasteiger partial charge < -0.3 is 5.32 Å². The summed E-state index contributed by atoms with van der Waals surface area (Å²) < 4.78 is 95.5. The van der Waals surface area contributed by atoms with Gasteiger partial charge in [-0.2, -0.15) is 17.5 Å². The van der Waals surface area contributed by atoms with E-state index in [1.807, 2.05) is 0 Å². The van der Waals surface area contributed by atoms with Crippen LogP contribution >= 0.6 is 11.6 Å². The van der Waals surface area contributed by atoms with Crippen molar-refractivity contribution < 1.29 is 35.2 Å². The van der Waals surface area contributed by atoms with Gasteiger partial charge in [-0.05, 0) is 24.6 Å². The third-order valence-electron chi connectivity index (χ3n) is 6.76. The third-order valence-corrected chi connectivity index (χ3v) is 8.83. The lowest BCUT2D eigenvalue weighted by Gasteiger charge is -2.45. The molecular weight excluding hydrogens is 547 g/mol. The standard InChI is InChI=1S/C21H24ClF5N6O3S/c1-31-11-17(29-30-31)37(35,36)33-8-6-32(7-9-33)19(4-5-20(23,24)12-19)13-28-18(34)15-3-2-14(10-16(15)22)21(25,26)27/h2-3,10-11H,4-9,12-13H2,1H3,(H,28,34). The number of halogens is 6. The number of sulfonamides is 1. The van der Waals surface area contributed by atoms with Crippen LogP contribution in [0.2, 0.25) is 5.02 Å². The first-order valence-corrected chi connectivity index (χ1v) is 13.1. The van der Waals surface area contributed by atoms with Crippen LogP contribution in [0.5, 0.6) is 0 Å². The highest BCUT2D eigenvalue weighted by atomic mass is 35.5. The highest BCUT2D eigenvalue weighted by molar-refractivity contribution is 7.89. The summed E-state index contributed by atoms with van der Waals surface area (Å²) in [5.41, 5.74) is -2.40. The SMILES string of the molecule is Cn1cc(S(=O)(=O)N2CCN(C3(CNC(=O)c4ccc(C(F)(F)F)cc4Cl)CCC(F)(F)C3)CC2)nn1. The Morgan fingerprint density at radius 3 is 2.35 bits per heavy atom. The second-order valence-corrected chi connectivity index (χ2v) is 11.5. The second kappa shape index (κ2) is 9.75. The van der Waals surface area contributed by atoms with Gasteiger partial charge in [0.2, 0.25) is 10.9 Å². The van der Waals surface area contributed by atoms with E-state index in [0.717, 1.165) is 12.1 Å². The zero-order chi connectivity index (χ0) is 27.2. The molecule has 9 nitrogen and oxygen atoms in total. The number of carbonyl (C=O) groups is 1. The van der Waals surface area contributed by atoms with E-state index in [0.29, 0.717) is 6.07 Å². The van der Waals surface area contributed by atoms with Crippen LogP contribution in [0.1, 0.15) is 35.2 Å². The predicted molar refractivity (Wildman–Crippen MR) is 122 cm³/mol. The van der Waals surface area contributed by atoms with E-state index < -0.39 is 57.0 Å². The van der Waals surface area contributed by atoms with Crippen LogP contribution in [-0.4, -0.2) is 82.7 Å². The molecule has 1 N–H and O–H groups in total. The summed E-state index contributed by atoms with van der Waals surface area (Å²) in [6, 6.07) is 2.29. The number of hydrogen-bond acceptors (Lipinski definition) is 6. The number of nitrogens with one attached hydrogen (secondary N) is 1. The largest absolute Gasteiger partial charge is 0.416 e. The van der Waals surface area contributed by atoms with Gasteiger partial charge in [0.05, 0.1) is 22.3 Å². The molecule has 1 atom stereocenters. The van der Waals surface area contributed by atoms with Crippen LogP contribution in [0.3, 0.4) is 0 Å². The quantitative estimate of drug-likeness (QED) is 0.536. The van der Waals surface area contributed by atoms with Gasteiger partial charge in [0.25, 0.3) is 15.9 Å². The number of rotatable bonds is 6. The third kappa shape index (κ3) is 5.73. The van der Waals surface area contributed by atoms with Crippen LogP contribution in [0.15, 0.2) is 29.4 Å². The molecule has 204 valence electrons. The lowest BCUT2D eigenvalue weighted by atomic mass is 9.93. The van der Waals surface area contributed by atoms with Crippen molar-refractivity contribution in [2.24, 2.45) is 7.05 Å². The van der Waals surface area contributed by atoms with E-state index in [1.165, 1.54) is 22.2 Å². The minimum atomic E-state index is -4.64. The fraction of sp³-hybridized carbons (Fsp3) is 0.571. The Hall–Kier alpha value is -2.36. The number of amides is 1. The Labute approximate surface area is 214 Å². The lowest BCUT2D eigenvalue weighted by molar-refractivity contribution is -0.137. The van der Waals surface area contributed by atoms with Gasteiger partial charge >= 0.3 is 6.18 Å². The van der Waals surface area contributed by atoms with Gasteiger partial charge in [-0.15, -0.1) is 5.10 Å². The smallest absolute Gasteiger partial charge is 0.350 e. The van der Waals surface area contributed by atoms with Crippen molar-refractivity contribution in [1.29, 1.82) is 0 Å². The number of aromatic nitrogens is 3. The average molecular weight is 571 g/mol. The van der Waals surface area contributed by atoms with Gasteiger partial charge in [0, 0.05) is 58.2 Å². The highest BCUT2D eigenvalue weighted by Gasteiger charge is 2.53. The molecule has 2 aromatic rings. The van der Waals surface area contributed by atoms with Crippen molar-refractivity contribution in [3.63, 3.8) is 0 Å². The fourth-order valence-electron chi connectivity index (χ4n) is 4.80. The molecule has 1 saturated carbocycles. The van der Waals surface area contributed by atoms with Gasteiger partial charge in [-0.25, -0.2) is 17.2 Å². The van der Waals surface area contributed by atoms with E-state index in [1.54, 1.807) is 4.90 Å². The Balaban J connectivity index is 1.47. The molecule has 1 aliphatic carbocycles. The summed E-state index contributed by atoms with van der Waals surface area (Å²) in [4.78, 5) is 14.5. The molecule has 1 amide bonds. The molecule has 1 aromatic carbocycles. The van der Waals surface area contributed by atoms with Gasteiger partial charge in [0.1, 0.15) is 0 Å². The normalized spacial score (nSPS) is 23.3. The van der Waals surface area contributed by atoms with Crippen LogP contribution in [-0.2, 0) is 23.2 Å². The summed E-state index contributed by atoms with van der Waals surface area (Å²) in [7, 11) is -2.38. The van der Waals surface area contributed by atoms with Crippen molar-refractivity contribution in [3.05, 3.63) is 40.5 Å². The summed E-state index contributed by atoms with van der Waals surface area (Å²) in [6.45, 7) is 0.0878. The summed E-state index contributed by atoms with van der Waals surface area (Å²) in [5.74, 6) is -3.78. The van der Waals surface area contributed by atoms with Crippen molar-refractivity contribution in [2.45, 2.75) is 41.9 Å². The predicted octanol–water partition coefficient (Wildman–Crippen LogP) is 2.78. The number of nitrogens with zero attached hydrogens (tertiary/aromatic N) is 5. The summed E-state index contributed by atoms with van der Waals surface area (Å²) in [5, 5.41) is 9.20. The Bertz CT molecular complexity index is 1280. The monoisotopic (exact) mass is 570 g/mol. The van der Waals surface area contributed by atoms with E-state index in [4.69, 9.17) is 11.6 Å². The van der Waals surface area contributed by atoms with Crippen molar-refractivity contribution in [1.82, 2.24) is 29.5 Å². The first-order chi connectivity index (χ1) is 17.1. The Morgan fingerprint density at radius 1 is 1.16 bits per heavy atom.